The molecule has 0 nitrogen and oxygen atoms in total. The lowest BCUT2D eigenvalue weighted by Crippen LogP contribution is -1.71. The topological polar surface area (TPSA) is 0 Å². The summed E-state index contributed by atoms with van der Waals surface area (Å²) in [6.07, 6.45) is 2.56. The van der Waals surface area contributed by atoms with Crippen molar-refractivity contribution >= 4 is 15.9 Å². The van der Waals surface area contributed by atoms with Gasteiger partial charge in [0.15, 0.2) is 0 Å². The van der Waals surface area contributed by atoms with Gasteiger partial charge < -0.3 is 0 Å². The SMILES string of the molecule is CCCC/C(F)=C/Br. The molecule has 0 aromatic rings. The van der Waals surface area contributed by atoms with Crippen LogP contribution in [0.15, 0.2) is 10.8 Å². The maximum atomic E-state index is 12.1. The molecule has 0 saturated carbocycles. The van der Waals surface area contributed by atoms with E-state index in [1.54, 1.807) is 0 Å². The molecule has 0 spiro atoms. The second-order valence-electron chi connectivity index (χ2n) is 1.66. The maximum Gasteiger partial charge on any atom is 0.107 e. The standard InChI is InChI=1S/C6H10BrF/c1-2-3-4-6(8)5-7/h5H,2-4H2,1H3/b6-5-. The van der Waals surface area contributed by atoms with Gasteiger partial charge in [-0.25, -0.2) is 4.39 Å². The maximum absolute atomic E-state index is 12.1. The molecule has 0 fully saturated rings. The Morgan fingerprint density at radius 2 is 2.38 bits per heavy atom. The Morgan fingerprint density at radius 3 is 2.75 bits per heavy atom. The van der Waals surface area contributed by atoms with Crippen LogP contribution in [0.3, 0.4) is 0 Å². The first-order chi connectivity index (χ1) is 3.81. The zero-order valence-corrected chi connectivity index (χ0v) is 6.54. The quantitative estimate of drug-likeness (QED) is 0.625. The highest BCUT2D eigenvalue weighted by molar-refractivity contribution is 9.11. The van der Waals surface area contributed by atoms with Crippen LogP contribution in [0.4, 0.5) is 4.39 Å². The van der Waals surface area contributed by atoms with E-state index in [1.807, 2.05) is 6.92 Å². The highest BCUT2D eigenvalue weighted by atomic mass is 79.9. The Morgan fingerprint density at radius 1 is 1.75 bits per heavy atom. The van der Waals surface area contributed by atoms with E-state index in [0.717, 1.165) is 12.8 Å². The molecule has 0 rings (SSSR count). The van der Waals surface area contributed by atoms with E-state index in [2.05, 4.69) is 15.9 Å². The molecule has 0 aliphatic rings. The fourth-order valence-electron chi connectivity index (χ4n) is 0.400. The Bertz CT molecular complexity index is 78.6. The van der Waals surface area contributed by atoms with Gasteiger partial charge in [-0.2, -0.15) is 0 Å². The van der Waals surface area contributed by atoms with Gasteiger partial charge in [0.2, 0.25) is 0 Å². The first-order valence-corrected chi connectivity index (χ1v) is 3.67. The van der Waals surface area contributed by atoms with Gasteiger partial charge in [0.25, 0.3) is 0 Å². The van der Waals surface area contributed by atoms with E-state index in [9.17, 15) is 4.39 Å². The van der Waals surface area contributed by atoms with E-state index >= 15 is 0 Å². The number of rotatable bonds is 3. The summed E-state index contributed by atoms with van der Waals surface area (Å²) in [5, 5.41) is 0. The molecular formula is C6H10BrF. The van der Waals surface area contributed by atoms with Gasteiger partial charge >= 0.3 is 0 Å². The van der Waals surface area contributed by atoms with Gasteiger partial charge in [0.05, 0.1) is 0 Å². The van der Waals surface area contributed by atoms with Crippen LogP contribution in [0.2, 0.25) is 0 Å². The van der Waals surface area contributed by atoms with Crippen molar-refractivity contribution in [2.45, 2.75) is 26.2 Å². The summed E-state index contributed by atoms with van der Waals surface area (Å²) in [7, 11) is 0. The average Bonchev–Trinajstić information content (AvgIpc) is 1.83. The summed E-state index contributed by atoms with van der Waals surface area (Å²) < 4.78 is 12.1. The molecule has 0 aromatic heterocycles. The lowest BCUT2D eigenvalue weighted by atomic mass is 10.2. The predicted molar refractivity (Wildman–Crippen MR) is 37.6 cm³/mol. The summed E-state index contributed by atoms with van der Waals surface area (Å²) in [6, 6.07) is 0. The van der Waals surface area contributed by atoms with Crippen molar-refractivity contribution in [2.24, 2.45) is 0 Å². The van der Waals surface area contributed by atoms with Gasteiger partial charge in [0, 0.05) is 4.99 Å². The van der Waals surface area contributed by atoms with Crippen LogP contribution in [0.5, 0.6) is 0 Å². The first-order valence-electron chi connectivity index (χ1n) is 2.76. The van der Waals surface area contributed by atoms with Gasteiger partial charge in [-0.05, 0) is 12.8 Å². The number of halogens is 2. The molecule has 0 bridgehead atoms. The third-order valence-corrected chi connectivity index (χ3v) is 1.38. The highest BCUT2D eigenvalue weighted by Crippen LogP contribution is 2.09. The molecule has 8 heavy (non-hydrogen) atoms. The van der Waals surface area contributed by atoms with Crippen molar-refractivity contribution in [3.8, 4) is 0 Å². The van der Waals surface area contributed by atoms with Gasteiger partial charge in [0.1, 0.15) is 5.83 Å². The molecule has 0 atom stereocenters. The second kappa shape index (κ2) is 5.29. The fourth-order valence-corrected chi connectivity index (χ4v) is 0.629. The summed E-state index contributed by atoms with van der Waals surface area (Å²) in [6.45, 7) is 2.04. The number of hydrogen-bond acceptors (Lipinski definition) is 0. The summed E-state index contributed by atoms with van der Waals surface area (Å²) in [4.78, 5) is 1.34. The van der Waals surface area contributed by atoms with Crippen molar-refractivity contribution in [1.82, 2.24) is 0 Å². The number of hydrogen-bond donors (Lipinski definition) is 0. The van der Waals surface area contributed by atoms with Crippen molar-refractivity contribution in [2.75, 3.05) is 0 Å². The Balaban J connectivity index is 3.12. The molecule has 48 valence electrons. The van der Waals surface area contributed by atoms with E-state index in [4.69, 9.17) is 0 Å². The smallest absolute Gasteiger partial charge is 0.107 e. The zero-order chi connectivity index (χ0) is 6.41. The van der Waals surface area contributed by atoms with Crippen LogP contribution in [0.1, 0.15) is 26.2 Å². The van der Waals surface area contributed by atoms with Crippen LogP contribution >= 0.6 is 15.9 Å². The second-order valence-corrected chi connectivity index (χ2v) is 2.12. The normalized spacial score (nSPS) is 12.1. The predicted octanol–water partition coefficient (Wildman–Crippen LogP) is 3.38. The monoisotopic (exact) mass is 180 g/mol. The molecule has 0 unspecified atom stereocenters. The van der Waals surface area contributed by atoms with Crippen LogP contribution in [-0.4, -0.2) is 0 Å². The first kappa shape index (κ1) is 8.15. The molecule has 0 aliphatic carbocycles. The largest absolute Gasteiger partial charge is 0.211 e. The molecule has 0 aliphatic heterocycles. The van der Waals surface area contributed by atoms with E-state index in [0.29, 0.717) is 6.42 Å². The Hall–Kier alpha value is 0.150. The summed E-state index contributed by atoms with van der Waals surface area (Å²) in [5.41, 5.74) is 0. The van der Waals surface area contributed by atoms with Gasteiger partial charge in [-0.1, -0.05) is 29.3 Å². The van der Waals surface area contributed by atoms with Crippen LogP contribution < -0.4 is 0 Å². The van der Waals surface area contributed by atoms with Crippen molar-refractivity contribution in [1.29, 1.82) is 0 Å². The molecule has 0 amide bonds. The lowest BCUT2D eigenvalue weighted by molar-refractivity contribution is 0.573. The van der Waals surface area contributed by atoms with Gasteiger partial charge in [-0.15, -0.1) is 0 Å². The molecule has 0 radical (unpaired) electrons. The van der Waals surface area contributed by atoms with Crippen LogP contribution in [0, 0.1) is 0 Å². The van der Waals surface area contributed by atoms with Gasteiger partial charge in [-0.3, -0.25) is 0 Å². The van der Waals surface area contributed by atoms with E-state index < -0.39 is 0 Å². The van der Waals surface area contributed by atoms with Crippen molar-refractivity contribution < 1.29 is 4.39 Å². The number of unbranched alkanes of at least 4 members (excludes halogenated alkanes) is 1. The highest BCUT2D eigenvalue weighted by Gasteiger charge is 1.89. The third kappa shape index (κ3) is 4.31. The van der Waals surface area contributed by atoms with Crippen LogP contribution in [0.25, 0.3) is 0 Å². The lowest BCUT2D eigenvalue weighted by Gasteiger charge is -1.89. The van der Waals surface area contributed by atoms with Crippen molar-refractivity contribution in [3.05, 3.63) is 10.8 Å². The molecule has 0 heterocycles. The third-order valence-electron chi connectivity index (χ3n) is 0.888. The fraction of sp³-hybridized carbons (Fsp3) is 0.667. The minimum atomic E-state index is -0.0631. The minimum Gasteiger partial charge on any atom is -0.211 e. The molecule has 0 N–H and O–H groups in total. The van der Waals surface area contributed by atoms with E-state index in [-0.39, 0.29) is 5.83 Å². The summed E-state index contributed by atoms with van der Waals surface area (Å²) >= 11 is 2.91. The number of allylic oxidation sites excluding steroid dienone is 1. The Labute approximate surface area is 57.9 Å². The molecule has 2 heteroatoms. The summed E-state index contributed by atoms with van der Waals surface area (Å²) in [5.74, 6) is -0.0631. The molecule has 0 aromatic carbocycles. The minimum absolute atomic E-state index is 0.0631. The van der Waals surface area contributed by atoms with E-state index in [1.165, 1.54) is 4.99 Å². The van der Waals surface area contributed by atoms with Crippen molar-refractivity contribution in [3.63, 3.8) is 0 Å². The van der Waals surface area contributed by atoms with Crippen LogP contribution in [-0.2, 0) is 0 Å². The molecular weight excluding hydrogens is 171 g/mol. The molecule has 0 saturated heterocycles. The Kier molecular flexibility index (Phi) is 5.39. The zero-order valence-electron chi connectivity index (χ0n) is 4.95. The average molecular weight is 181 g/mol.